The summed E-state index contributed by atoms with van der Waals surface area (Å²) in [4.78, 5) is 34.5. The van der Waals surface area contributed by atoms with E-state index in [1.165, 1.54) is 0 Å². The predicted octanol–water partition coefficient (Wildman–Crippen LogP) is 4.70. The van der Waals surface area contributed by atoms with E-state index in [1.807, 2.05) is 24.3 Å². The van der Waals surface area contributed by atoms with Gasteiger partial charge in [0.1, 0.15) is 5.82 Å². The molecule has 3 rings (SSSR count). The second-order valence-electron chi connectivity index (χ2n) is 8.34. The first-order valence-corrected chi connectivity index (χ1v) is 10.0. The van der Waals surface area contributed by atoms with Crippen LogP contribution in [0.25, 0.3) is 0 Å². The van der Waals surface area contributed by atoms with Crippen molar-refractivity contribution in [2.75, 3.05) is 18.9 Å². The summed E-state index contributed by atoms with van der Waals surface area (Å²) < 4.78 is 0. The Labute approximate surface area is 189 Å². The van der Waals surface area contributed by atoms with Crippen LogP contribution in [0.3, 0.4) is 0 Å². The third-order valence-corrected chi connectivity index (χ3v) is 5.00. The molecule has 0 spiro atoms. The third-order valence-electron chi connectivity index (χ3n) is 5.00. The molecule has 164 valence electrons. The highest BCUT2D eigenvalue weighted by Crippen LogP contribution is 2.23. The van der Waals surface area contributed by atoms with Crippen LogP contribution in [-0.4, -0.2) is 40.3 Å². The molecule has 6 nitrogen and oxygen atoms in total. The predicted molar refractivity (Wildman–Crippen MR) is 126 cm³/mol. The molecular formula is C24H29ClN4O2. The Bertz CT molecular complexity index is 1010. The minimum absolute atomic E-state index is 0. The largest absolute Gasteiger partial charge is 0.349 e. The average molecular weight is 441 g/mol. The number of aromatic nitrogens is 2. The van der Waals surface area contributed by atoms with Crippen LogP contribution < -0.4 is 5.32 Å². The van der Waals surface area contributed by atoms with E-state index in [4.69, 9.17) is 0 Å². The highest BCUT2D eigenvalue weighted by atomic mass is 35.5. The minimum atomic E-state index is -0.242. The molecule has 0 atom stereocenters. The van der Waals surface area contributed by atoms with Gasteiger partial charge in [0.05, 0.1) is 11.3 Å². The van der Waals surface area contributed by atoms with E-state index >= 15 is 0 Å². The minimum Gasteiger partial charge on any atom is -0.349 e. The molecule has 0 saturated carbocycles. The number of anilines is 1. The van der Waals surface area contributed by atoms with Gasteiger partial charge in [-0.15, -0.1) is 12.4 Å². The zero-order valence-electron chi connectivity index (χ0n) is 18.3. The molecule has 0 unspecified atom stereocenters. The molecule has 0 aliphatic rings. The molecule has 0 saturated heterocycles. The van der Waals surface area contributed by atoms with E-state index < -0.39 is 0 Å². The van der Waals surface area contributed by atoms with Crippen LogP contribution in [0.1, 0.15) is 52.9 Å². The maximum absolute atomic E-state index is 12.9. The number of para-hydroxylation sites is 1. The fourth-order valence-electron chi connectivity index (χ4n) is 3.11. The summed E-state index contributed by atoms with van der Waals surface area (Å²) in [5.41, 5.74) is 2.69. The normalized spacial score (nSPS) is 10.8. The van der Waals surface area contributed by atoms with Crippen LogP contribution in [0.2, 0.25) is 0 Å². The van der Waals surface area contributed by atoms with Gasteiger partial charge in [-0.05, 0) is 35.2 Å². The maximum atomic E-state index is 12.9. The highest BCUT2D eigenvalue weighted by molar-refractivity contribution is 6.09. The fraction of sp³-hybridized carbons (Fsp3) is 0.292. The Kier molecular flexibility index (Phi) is 8.00. The van der Waals surface area contributed by atoms with Gasteiger partial charge in [0.15, 0.2) is 0 Å². The summed E-state index contributed by atoms with van der Waals surface area (Å²) in [5, 5.41) is 2.89. The summed E-state index contributed by atoms with van der Waals surface area (Å²) in [6.07, 6.45) is 4.08. The number of hydrogen-bond acceptors (Lipinski definition) is 3. The van der Waals surface area contributed by atoms with Crippen molar-refractivity contribution < 1.29 is 9.59 Å². The van der Waals surface area contributed by atoms with Crippen molar-refractivity contribution in [1.29, 1.82) is 0 Å². The summed E-state index contributed by atoms with van der Waals surface area (Å²) >= 11 is 0. The molecule has 3 aromatic rings. The number of rotatable bonds is 6. The second kappa shape index (κ2) is 10.3. The van der Waals surface area contributed by atoms with Gasteiger partial charge in [0, 0.05) is 38.0 Å². The quantitative estimate of drug-likeness (QED) is 0.583. The van der Waals surface area contributed by atoms with Crippen LogP contribution in [-0.2, 0) is 11.8 Å². The summed E-state index contributed by atoms with van der Waals surface area (Å²) in [5.74, 6) is 0.435. The Morgan fingerprint density at radius 3 is 2.35 bits per heavy atom. The number of imidazole rings is 1. The Hall–Kier alpha value is -3.12. The number of amides is 2. The number of nitrogens with zero attached hydrogens (tertiary/aromatic N) is 2. The standard InChI is InChI=1S/C24H28N4O2.ClH/c1-24(2,3)18-11-9-17(10-12-18)22(29)27-20-8-6-5-7-19(20)23(30)28(4)16-13-21-25-14-15-26-21;/h5-12,14-15H,13,16H2,1-4H3,(H,25,26)(H,27,29);1H. The zero-order valence-corrected chi connectivity index (χ0v) is 19.1. The molecule has 2 N–H and O–H groups in total. The summed E-state index contributed by atoms with van der Waals surface area (Å²) in [7, 11) is 1.75. The van der Waals surface area contributed by atoms with Crippen molar-refractivity contribution in [2.45, 2.75) is 32.6 Å². The lowest BCUT2D eigenvalue weighted by Crippen LogP contribution is -2.30. The maximum Gasteiger partial charge on any atom is 0.255 e. The van der Waals surface area contributed by atoms with Crippen LogP contribution in [0.15, 0.2) is 60.9 Å². The van der Waals surface area contributed by atoms with Crippen molar-refractivity contribution in [2.24, 2.45) is 0 Å². The summed E-state index contributed by atoms with van der Waals surface area (Å²) in [6.45, 7) is 6.91. The zero-order chi connectivity index (χ0) is 21.7. The van der Waals surface area contributed by atoms with E-state index in [1.54, 1.807) is 48.6 Å². The smallest absolute Gasteiger partial charge is 0.255 e. The van der Waals surface area contributed by atoms with Gasteiger partial charge < -0.3 is 15.2 Å². The molecule has 1 heterocycles. The van der Waals surface area contributed by atoms with Crippen molar-refractivity contribution >= 4 is 29.9 Å². The average Bonchev–Trinajstić information content (AvgIpc) is 3.25. The summed E-state index contributed by atoms with van der Waals surface area (Å²) in [6, 6.07) is 14.6. The van der Waals surface area contributed by atoms with Gasteiger partial charge in [-0.1, -0.05) is 45.0 Å². The van der Waals surface area contributed by atoms with Gasteiger partial charge in [-0.3, -0.25) is 9.59 Å². The Balaban J connectivity index is 0.00000341. The third kappa shape index (κ3) is 6.18. The first-order valence-electron chi connectivity index (χ1n) is 10.0. The number of benzene rings is 2. The van der Waals surface area contributed by atoms with Crippen molar-refractivity contribution in [3.63, 3.8) is 0 Å². The molecule has 0 radical (unpaired) electrons. The molecule has 0 fully saturated rings. The van der Waals surface area contributed by atoms with E-state index in [2.05, 4.69) is 36.1 Å². The van der Waals surface area contributed by atoms with Crippen molar-refractivity contribution in [1.82, 2.24) is 14.9 Å². The molecule has 0 aliphatic carbocycles. The lowest BCUT2D eigenvalue weighted by molar-refractivity contribution is 0.0797. The van der Waals surface area contributed by atoms with E-state index in [9.17, 15) is 9.59 Å². The van der Waals surface area contributed by atoms with Gasteiger partial charge >= 0.3 is 0 Å². The van der Waals surface area contributed by atoms with Crippen LogP contribution >= 0.6 is 12.4 Å². The molecule has 0 bridgehead atoms. The lowest BCUT2D eigenvalue weighted by Gasteiger charge is -2.20. The number of likely N-dealkylation sites (N-methyl/N-ethyl adjacent to an activating group) is 1. The first-order chi connectivity index (χ1) is 14.3. The Morgan fingerprint density at radius 2 is 1.74 bits per heavy atom. The number of carbonyl (C=O) groups excluding carboxylic acids is 2. The van der Waals surface area contributed by atoms with Crippen molar-refractivity contribution in [3.05, 3.63) is 83.4 Å². The van der Waals surface area contributed by atoms with Gasteiger partial charge in [0.25, 0.3) is 11.8 Å². The lowest BCUT2D eigenvalue weighted by atomic mass is 9.86. The van der Waals surface area contributed by atoms with Crippen LogP contribution in [0.5, 0.6) is 0 Å². The highest BCUT2D eigenvalue weighted by Gasteiger charge is 2.18. The molecule has 31 heavy (non-hydrogen) atoms. The number of hydrogen-bond donors (Lipinski definition) is 2. The SMILES string of the molecule is CN(CCc1ncc[nH]1)C(=O)c1ccccc1NC(=O)c1ccc(C(C)(C)C)cc1.Cl. The number of H-pyrrole nitrogens is 1. The molecule has 2 amide bonds. The topological polar surface area (TPSA) is 78.1 Å². The van der Waals surface area contributed by atoms with Crippen LogP contribution in [0.4, 0.5) is 5.69 Å². The van der Waals surface area contributed by atoms with Crippen molar-refractivity contribution in [3.8, 4) is 0 Å². The number of aromatic amines is 1. The number of nitrogens with one attached hydrogen (secondary N) is 2. The van der Waals surface area contributed by atoms with Gasteiger partial charge in [-0.25, -0.2) is 4.98 Å². The molecule has 2 aromatic carbocycles. The van der Waals surface area contributed by atoms with E-state index in [0.717, 1.165) is 11.4 Å². The first kappa shape index (κ1) is 24.2. The fourth-order valence-corrected chi connectivity index (χ4v) is 3.11. The van der Waals surface area contributed by atoms with Gasteiger partial charge in [0.2, 0.25) is 0 Å². The number of carbonyl (C=O) groups is 2. The molecule has 7 heteroatoms. The van der Waals surface area contributed by atoms with Gasteiger partial charge in [-0.2, -0.15) is 0 Å². The van der Waals surface area contributed by atoms with E-state index in [0.29, 0.717) is 29.8 Å². The second-order valence-corrected chi connectivity index (χ2v) is 8.34. The molecular weight excluding hydrogens is 412 g/mol. The molecule has 0 aliphatic heterocycles. The van der Waals surface area contributed by atoms with Crippen LogP contribution in [0, 0.1) is 0 Å². The Morgan fingerprint density at radius 1 is 1.06 bits per heavy atom. The number of halogens is 1. The monoisotopic (exact) mass is 440 g/mol. The molecule has 1 aromatic heterocycles. The van der Waals surface area contributed by atoms with E-state index in [-0.39, 0.29) is 29.6 Å².